The van der Waals surface area contributed by atoms with Gasteiger partial charge in [-0.1, -0.05) is 0 Å². The van der Waals surface area contributed by atoms with Crippen LogP contribution >= 0.6 is 0 Å². The molecule has 0 rings (SSSR count). The van der Waals surface area contributed by atoms with Crippen molar-refractivity contribution in [3.63, 3.8) is 0 Å². The van der Waals surface area contributed by atoms with E-state index in [1.54, 1.807) is 0 Å². The van der Waals surface area contributed by atoms with Crippen LogP contribution < -0.4 is 12.3 Å². The van der Waals surface area contributed by atoms with Gasteiger partial charge in [-0.05, 0) is 0 Å². The van der Waals surface area contributed by atoms with Crippen LogP contribution in [0.4, 0.5) is 0 Å². The summed E-state index contributed by atoms with van der Waals surface area (Å²) < 4.78 is 34.1. The fraction of sp³-hybridized carbons (Fsp3) is 0. The quantitative estimate of drug-likeness (QED) is 0.123. The van der Waals surface area contributed by atoms with Gasteiger partial charge in [0.1, 0.15) is 0 Å². The molecule has 0 aromatic rings. The van der Waals surface area contributed by atoms with Gasteiger partial charge in [0.25, 0.3) is 10.2 Å². The summed E-state index contributed by atoms with van der Waals surface area (Å²) in [5.74, 6) is 0. The van der Waals surface area contributed by atoms with E-state index < -0.39 is 20.6 Å². The van der Waals surface area contributed by atoms with Crippen LogP contribution in [0.3, 0.4) is 0 Å². The van der Waals surface area contributed by atoms with Crippen molar-refractivity contribution in [2.75, 3.05) is 0 Å². The van der Waals surface area contributed by atoms with Crippen molar-refractivity contribution in [2.45, 2.75) is 0 Å². The standard InChI is InChI=1S/Ca.2HNO3.2H3N.H2O4S/c;2*2-1(3)4;;;1-5(2,3)4/h;2*(H,2,3,4);2*1H3;(H2,1,2,3,4)/q+2;;;;;/p-2. The van der Waals surface area contributed by atoms with E-state index in [0.717, 1.165) is 0 Å². The average molecular weight is 296 g/mol. The molecule has 0 aliphatic carbocycles. The maximum atomic E-state index is 8.52. The third kappa shape index (κ3) is 6880. The Morgan fingerprint density at radius 3 is 0.875 bits per heavy atom. The molecule has 0 radical (unpaired) electrons. The van der Waals surface area contributed by atoms with Crippen LogP contribution in [0.15, 0.2) is 0 Å². The van der Waals surface area contributed by atoms with Gasteiger partial charge in [-0.2, -0.15) is 0 Å². The van der Waals surface area contributed by atoms with Gasteiger partial charge in [0.2, 0.25) is 0 Å². The Morgan fingerprint density at radius 2 is 0.875 bits per heavy atom. The minimum atomic E-state index is -5.17. The molecule has 0 atom stereocenters. The molecule has 0 aromatic heterocycles. The predicted octanol–water partition coefficient (Wildman–Crippen LogP) is -2.09. The van der Waals surface area contributed by atoms with Gasteiger partial charge in [-0.3, -0.25) is 8.42 Å². The largest absolute Gasteiger partial charge is 2.00 e. The molecule has 0 spiro atoms. The molecule has 0 fully saturated rings. The van der Waals surface area contributed by atoms with Crippen molar-refractivity contribution in [3.8, 4) is 0 Å². The van der Waals surface area contributed by atoms with E-state index in [1.807, 2.05) is 0 Å². The second kappa shape index (κ2) is 19.9. The summed E-state index contributed by atoms with van der Waals surface area (Å²) in [5.41, 5.74) is 0. The van der Waals surface area contributed by atoms with Crippen molar-refractivity contribution >= 4 is 48.1 Å². The van der Waals surface area contributed by atoms with E-state index in [9.17, 15) is 0 Å². The molecule has 8 N–H and O–H groups in total. The molecule has 0 unspecified atom stereocenters. The van der Waals surface area contributed by atoms with Crippen LogP contribution in [0.25, 0.3) is 0 Å². The molecule has 0 bridgehead atoms. The number of hydrogen-bond acceptors (Lipinski definition) is 10. The number of hydrogen-bond donors (Lipinski definition) is 4. The third-order valence-electron chi connectivity index (χ3n) is 0. The van der Waals surface area contributed by atoms with Crippen molar-refractivity contribution in [2.24, 2.45) is 0 Å². The van der Waals surface area contributed by atoms with Crippen LogP contribution in [0.1, 0.15) is 0 Å². The minimum absolute atomic E-state index is 0. The van der Waals surface area contributed by atoms with E-state index in [1.165, 1.54) is 0 Å². The first kappa shape index (κ1) is 36.1. The van der Waals surface area contributed by atoms with Crippen LogP contribution in [0.2, 0.25) is 0 Å². The molecule has 0 aliphatic rings. The summed E-state index contributed by atoms with van der Waals surface area (Å²) in [4.78, 5) is 16.7. The summed E-state index contributed by atoms with van der Waals surface area (Å²) in [6.45, 7) is 0. The minimum Gasteiger partial charge on any atom is -0.759 e. The molecule has 96 valence electrons. The van der Waals surface area contributed by atoms with Crippen LogP contribution in [0, 0.1) is 20.2 Å². The molecular formula is H8CaN4O10S. The Bertz CT molecular complexity index is 218. The molecule has 0 aromatic carbocycles. The predicted molar refractivity (Wildman–Crippen MR) is 43.8 cm³/mol. The van der Waals surface area contributed by atoms with Crippen molar-refractivity contribution in [1.82, 2.24) is 12.3 Å². The van der Waals surface area contributed by atoms with Gasteiger partial charge < -0.3 is 31.8 Å². The molecular weight excluding hydrogens is 288 g/mol. The molecule has 16 heavy (non-hydrogen) atoms. The number of nitrogens with zero attached hydrogens (tertiary/aromatic N) is 2. The molecule has 0 amide bonds. The third-order valence-corrected chi connectivity index (χ3v) is 0. The smallest absolute Gasteiger partial charge is 0.759 e. The fourth-order valence-corrected chi connectivity index (χ4v) is 0. The molecule has 0 heterocycles. The average Bonchev–Trinajstić information content (AvgIpc) is 1.50. The van der Waals surface area contributed by atoms with Crippen molar-refractivity contribution in [1.29, 1.82) is 0 Å². The van der Waals surface area contributed by atoms with Gasteiger partial charge >= 0.3 is 37.7 Å². The van der Waals surface area contributed by atoms with Gasteiger partial charge in [-0.25, -0.2) is 0 Å². The Morgan fingerprint density at radius 1 is 0.875 bits per heavy atom. The first-order valence-electron chi connectivity index (χ1n) is 1.80. The van der Waals surface area contributed by atoms with Crippen LogP contribution in [-0.4, -0.2) is 75.8 Å². The monoisotopic (exact) mass is 296 g/mol. The Kier molecular flexibility index (Phi) is 45.0. The molecule has 16 heteroatoms. The summed E-state index contributed by atoms with van der Waals surface area (Å²) in [6.07, 6.45) is 0. The van der Waals surface area contributed by atoms with E-state index in [0.29, 0.717) is 0 Å². The number of rotatable bonds is 0. The van der Waals surface area contributed by atoms with Gasteiger partial charge in [-0.15, -0.1) is 20.2 Å². The summed E-state index contributed by atoms with van der Waals surface area (Å²) >= 11 is 0. The van der Waals surface area contributed by atoms with Crippen molar-refractivity contribution in [3.05, 3.63) is 20.2 Å². The second-order valence-electron chi connectivity index (χ2n) is 0.884. The van der Waals surface area contributed by atoms with Crippen LogP contribution in [0.5, 0.6) is 0 Å². The first-order valence-corrected chi connectivity index (χ1v) is 3.13. The zero-order valence-electron chi connectivity index (χ0n) is 7.58. The maximum absolute atomic E-state index is 8.52. The fourth-order valence-electron chi connectivity index (χ4n) is 0. The summed E-state index contributed by atoms with van der Waals surface area (Å²) in [7, 11) is -5.17. The maximum Gasteiger partial charge on any atom is 2.00 e. The topological polar surface area (TPSA) is 277 Å². The van der Waals surface area contributed by atoms with Gasteiger partial charge in [0, 0.05) is 10.4 Å². The normalized spacial score (nSPS) is 6.62. The first-order chi connectivity index (χ1) is 5.46. The SMILES string of the molecule is N.N.O=S(=O)([O-])[O-].O=[N+]([O-])O.O=[N+]([O-])O.[Ca+2]. The molecule has 0 saturated carbocycles. The second-order valence-corrected chi connectivity index (χ2v) is 1.70. The van der Waals surface area contributed by atoms with Crippen LogP contribution in [-0.2, 0) is 10.4 Å². The van der Waals surface area contributed by atoms with Gasteiger partial charge in [0.15, 0.2) is 0 Å². The Balaban J connectivity index is -0.0000000216. The summed E-state index contributed by atoms with van der Waals surface area (Å²) in [6, 6.07) is 0. The molecule has 0 saturated heterocycles. The van der Waals surface area contributed by atoms with E-state index in [4.69, 9.17) is 48.2 Å². The van der Waals surface area contributed by atoms with E-state index in [-0.39, 0.29) is 50.0 Å². The summed E-state index contributed by atoms with van der Waals surface area (Å²) in [5, 5.41) is 27.3. The van der Waals surface area contributed by atoms with Crippen molar-refractivity contribution < 1.29 is 38.1 Å². The zero-order chi connectivity index (χ0) is 11.7. The Labute approximate surface area is 118 Å². The van der Waals surface area contributed by atoms with E-state index >= 15 is 0 Å². The molecule has 14 nitrogen and oxygen atoms in total. The zero-order valence-corrected chi connectivity index (χ0v) is 10.6. The van der Waals surface area contributed by atoms with E-state index in [2.05, 4.69) is 0 Å². The van der Waals surface area contributed by atoms with Gasteiger partial charge in [0.05, 0.1) is 0 Å². The Hall–Kier alpha value is -0.550. The molecule has 0 aliphatic heterocycles.